The molecule has 158 valence electrons. The number of piperidine rings is 1. The second-order valence-corrected chi connectivity index (χ2v) is 10.2. The number of nitrogens with one attached hydrogen (secondary N) is 2. The molecule has 2 saturated heterocycles. The van der Waals surface area contributed by atoms with Gasteiger partial charge in [0.1, 0.15) is 6.54 Å². The first kappa shape index (κ1) is 20.9. The van der Waals surface area contributed by atoms with E-state index in [4.69, 9.17) is 0 Å². The fourth-order valence-electron chi connectivity index (χ4n) is 3.84. The van der Waals surface area contributed by atoms with Gasteiger partial charge in [-0.1, -0.05) is 0 Å². The normalized spacial score (nSPS) is 21.7. The van der Waals surface area contributed by atoms with Crippen molar-refractivity contribution in [3.63, 3.8) is 0 Å². The van der Waals surface area contributed by atoms with Gasteiger partial charge in [-0.25, -0.2) is 4.79 Å². The Hall–Kier alpha value is -2.39. The Balaban J connectivity index is 1.39. The van der Waals surface area contributed by atoms with Gasteiger partial charge in [0.25, 0.3) is 5.91 Å². The Kier molecular flexibility index (Phi) is 5.84. The van der Waals surface area contributed by atoms with E-state index in [1.54, 1.807) is 13.0 Å². The Labute approximate surface area is 187 Å². The first-order chi connectivity index (χ1) is 14.4. The van der Waals surface area contributed by atoms with Gasteiger partial charge in [-0.15, -0.1) is 11.3 Å². The van der Waals surface area contributed by atoms with Crippen molar-refractivity contribution in [1.29, 1.82) is 0 Å². The third kappa shape index (κ3) is 4.09. The van der Waals surface area contributed by atoms with Crippen molar-refractivity contribution in [2.75, 3.05) is 29.9 Å². The molecule has 1 aromatic heterocycles. The zero-order valence-electron chi connectivity index (χ0n) is 16.6. The molecule has 3 heterocycles. The van der Waals surface area contributed by atoms with Gasteiger partial charge >= 0.3 is 6.03 Å². The molecule has 1 atom stereocenters. The number of amides is 4. The van der Waals surface area contributed by atoms with Crippen LogP contribution in [0.5, 0.6) is 0 Å². The fourth-order valence-corrected chi connectivity index (χ4v) is 5.32. The first-order valence-corrected chi connectivity index (χ1v) is 11.5. The number of benzene rings is 1. The molecular weight excluding hydrogens is 468 g/mol. The summed E-state index contributed by atoms with van der Waals surface area (Å²) in [5.74, 6) is -0.849. The molecule has 1 aromatic carbocycles. The lowest BCUT2D eigenvalue weighted by molar-refractivity contribution is -0.133. The summed E-state index contributed by atoms with van der Waals surface area (Å²) in [6.45, 7) is 3.43. The molecule has 0 radical (unpaired) electrons. The van der Waals surface area contributed by atoms with E-state index in [9.17, 15) is 14.4 Å². The smallest absolute Gasteiger partial charge is 0.325 e. The van der Waals surface area contributed by atoms with Crippen LogP contribution in [0.2, 0.25) is 0 Å². The van der Waals surface area contributed by atoms with Crippen LogP contribution in [-0.4, -0.2) is 42.4 Å². The minimum absolute atomic E-state index is 0.333. The number of rotatable bonds is 5. The van der Waals surface area contributed by atoms with Crippen molar-refractivity contribution in [3.8, 4) is 0 Å². The average molecular weight is 491 g/mol. The first-order valence-electron chi connectivity index (χ1n) is 9.91. The molecule has 2 aliphatic rings. The van der Waals surface area contributed by atoms with Crippen LogP contribution < -0.4 is 15.5 Å². The summed E-state index contributed by atoms with van der Waals surface area (Å²) in [5.41, 5.74) is 0.613. The van der Waals surface area contributed by atoms with Crippen molar-refractivity contribution in [3.05, 3.63) is 45.1 Å². The van der Waals surface area contributed by atoms with E-state index < -0.39 is 23.4 Å². The zero-order chi connectivity index (χ0) is 21.3. The number of nitrogens with zero attached hydrogens (tertiary/aromatic N) is 2. The highest BCUT2D eigenvalue weighted by atomic mass is 79.9. The number of imide groups is 1. The van der Waals surface area contributed by atoms with Crippen LogP contribution in [0.25, 0.3) is 0 Å². The number of anilines is 2. The molecule has 9 heteroatoms. The van der Waals surface area contributed by atoms with Crippen molar-refractivity contribution in [2.24, 2.45) is 0 Å². The molecule has 0 bridgehead atoms. The zero-order valence-corrected chi connectivity index (χ0v) is 19.0. The molecule has 1 unspecified atom stereocenters. The number of carbonyl (C=O) groups excluding carboxylic acids is 3. The quantitative estimate of drug-likeness (QED) is 0.622. The Morgan fingerprint density at radius 2 is 1.83 bits per heavy atom. The van der Waals surface area contributed by atoms with Gasteiger partial charge in [0, 0.05) is 29.3 Å². The van der Waals surface area contributed by atoms with Gasteiger partial charge in [0.2, 0.25) is 5.91 Å². The average Bonchev–Trinajstić information content (AvgIpc) is 3.27. The lowest BCUT2D eigenvalue weighted by Gasteiger charge is -2.28. The lowest BCUT2D eigenvalue weighted by Crippen LogP contribution is -2.41. The fraction of sp³-hybridized carbons (Fsp3) is 0.381. The molecule has 4 rings (SSSR count). The molecule has 4 amide bonds. The van der Waals surface area contributed by atoms with E-state index in [1.165, 1.54) is 30.6 Å². The van der Waals surface area contributed by atoms with Gasteiger partial charge in [0.05, 0.1) is 3.79 Å². The van der Waals surface area contributed by atoms with Crippen LogP contribution in [0, 0.1) is 0 Å². The van der Waals surface area contributed by atoms with Crippen LogP contribution in [0.15, 0.2) is 40.2 Å². The molecule has 7 nitrogen and oxygen atoms in total. The highest BCUT2D eigenvalue weighted by Gasteiger charge is 2.50. The maximum atomic E-state index is 12.9. The number of carbonyl (C=O) groups is 3. The molecule has 2 aliphatic heterocycles. The lowest BCUT2D eigenvalue weighted by atomic mass is 10.0. The van der Waals surface area contributed by atoms with Crippen LogP contribution in [0.1, 0.15) is 31.1 Å². The third-order valence-corrected chi connectivity index (χ3v) is 7.36. The van der Waals surface area contributed by atoms with Crippen LogP contribution in [0.3, 0.4) is 0 Å². The molecule has 0 aliphatic carbocycles. The monoisotopic (exact) mass is 490 g/mol. The van der Waals surface area contributed by atoms with Gasteiger partial charge in [-0.2, -0.15) is 0 Å². The Bertz CT molecular complexity index is 971. The van der Waals surface area contributed by atoms with Crippen molar-refractivity contribution in [1.82, 2.24) is 10.2 Å². The van der Waals surface area contributed by atoms with Crippen LogP contribution >= 0.6 is 27.3 Å². The number of thiophene rings is 1. The predicted octanol–water partition coefficient (Wildman–Crippen LogP) is 3.91. The van der Waals surface area contributed by atoms with Gasteiger partial charge in [-0.3, -0.25) is 14.5 Å². The summed E-state index contributed by atoms with van der Waals surface area (Å²) in [6.07, 6.45) is 3.67. The standard InChI is InChI=1S/C21H23BrN4O3S/c1-21(16-9-10-17(22)30-16)19(28)26(20(29)24-21)13-18(27)23-14-5-7-15(8-6-14)25-11-3-2-4-12-25/h5-10H,2-4,11-13H2,1H3,(H,23,27)(H,24,29). The van der Waals surface area contributed by atoms with E-state index in [0.29, 0.717) is 10.6 Å². The number of hydrogen-bond donors (Lipinski definition) is 2. The van der Waals surface area contributed by atoms with E-state index in [2.05, 4.69) is 31.5 Å². The topological polar surface area (TPSA) is 81.8 Å². The molecule has 0 saturated carbocycles. The summed E-state index contributed by atoms with van der Waals surface area (Å²) < 4.78 is 0.866. The second kappa shape index (κ2) is 8.39. The second-order valence-electron chi connectivity index (χ2n) is 7.69. The number of hydrogen-bond acceptors (Lipinski definition) is 5. The van der Waals surface area contributed by atoms with Crippen LogP contribution in [0.4, 0.5) is 16.2 Å². The summed E-state index contributed by atoms with van der Waals surface area (Å²) in [7, 11) is 0. The van der Waals surface area contributed by atoms with Gasteiger partial charge < -0.3 is 15.5 Å². The highest BCUT2D eigenvalue weighted by molar-refractivity contribution is 9.11. The number of halogens is 1. The van der Waals surface area contributed by atoms with E-state index >= 15 is 0 Å². The number of urea groups is 1. The summed E-state index contributed by atoms with van der Waals surface area (Å²) in [6, 6.07) is 10.7. The highest BCUT2D eigenvalue weighted by Crippen LogP contribution is 2.35. The van der Waals surface area contributed by atoms with Gasteiger partial charge in [-0.05, 0) is 78.5 Å². The largest absolute Gasteiger partial charge is 0.372 e. The predicted molar refractivity (Wildman–Crippen MR) is 121 cm³/mol. The Morgan fingerprint density at radius 3 is 2.47 bits per heavy atom. The Morgan fingerprint density at radius 1 is 1.13 bits per heavy atom. The maximum absolute atomic E-state index is 12.9. The summed E-state index contributed by atoms with van der Waals surface area (Å²) in [4.78, 5) is 41.8. The minimum atomic E-state index is -1.16. The molecule has 2 N–H and O–H groups in total. The molecule has 2 aromatic rings. The minimum Gasteiger partial charge on any atom is -0.372 e. The third-order valence-electron chi connectivity index (χ3n) is 5.51. The van der Waals surface area contributed by atoms with E-state index in [1.807, 2.05) is 30.3 Å². The summed E-state index contributed by atoms with van der Waals surface area (Å²) >= 11 is 4.75. The van der Waals surface area contributed by atoms with E-state index in [-0.39, 0.29) is 6.54 Å². The molecule has 30 heavy (non-hydrogen) atoms. The van der Waals surface area contributed by atoms with Gasteiger partial charge in [0.15, 0.2) is 5.54 Å². The molecule has 2 fully saturated rings. The van der Waals surface area contributed by atoms with Crippen LogP contribution in [-0.2, 0) is 15.1 Å². The SMILES string of the molecule is CC1(c2ccc(Br)s2)NC(=O)N(CC(=O)Nc2ccc(N3CCCCC3)cc2)C1=O. The summed E-state index contributed by atoms with van der Waals surface area (Å²) in [5, 5.41) is 5.49. The van der Waals surface area contributed by atoms with Crippen molar-refractivity contribution in [2.45, 2.75) is 31.7 Å². The van der Waals surface area contributed by atoms with Crippen molar-refractivity contribution >= 4 is 56.5 Å². The molecular formula is C21H23BrN4O3S. The maximum Gasteiger partial charge on any atom is 0.325 e. The molecule has 0 spiro atoms. The van der Waals surface area contributed by atoms with Crippen molar-refractivity contribution < 1.29 is 14.4 Å². The van der Waals surface area contributed by atoms with E-state index in [0.717, 1.165) is 27.5 Å².